The first-order valence-corrected chi connectivity index (χ1v) is 7.57. The van der Waals surface area contributed by atoms with Crippen molar-refractivity contribution >= 4 is 5.91 Å². The van der Waals surface area contributed by atoms with Gasteiger partial charge in [0.05, 0.1) is 6.61 Å². The number of likely N-dealkylation sites (N-methyl/N-ethyl adjacent to an activating group) is 1. The molecule has 2 atom stereocenters. The van der Waals surface area contributed by atoms with Crippen molar-refractivity contribution in [1.82, 2.24) is 5.32 Å². The monoisotopic (exact) mass is 283 g/mol. The van der Waals surface area contributed by atoms with Gasteiger partial charge in [0.15, 0.2) is 5.76 Å². The Morgan fingerprint density at radius 1 is 1.50 bits per heavy atom. The van der Waals surface area contributed by atoms with Crippen LogP contribution in [0.1, 0.15) is 38.5 Å². The van der Waals surface area contributed by atoms with Crippen LogP contribution in [-0.2, 0) is 14.3 Å². The Morgan fingerprint density at radius 2 is 2.30 bits per heavy atom. The van der Waals surface area contributed by atoms with Crippen LogP contribution in [-0.4, -0.2) is 37.6 Å². The topological polar surface area (TPSA) is 67.8 Å². The molecule has 1 saturated carbocycles. The van der Waals surface area contributed by atoms with Gasteiger partial charge in [-0.05, 0) is 43.6 Å². The summed E-state index contributed by atoms with van der Waals surface area (Å²) in [6, 6.07) is 0. The number of nitrogens with one attached hydrogen (secondary N) is 1. The van der Waals surface area contributed by atoms with Gasteiger partial charge in [0, 0.05) is 20.1 Å². The Morgan fingerprint density at radius 3 is 2.90 bits per heavy atom. The maximum absolute atomic E-state index is 11.8. The van der Waals surface area contributed by atoms with Crippen molar-refractivity contribution in [3.05, 3.63) is 11.8 Å². The number of aliphatic hydroxyl groups excluding tert-OH is 1. The zero-order chi connectivity index (χ0) is 14.4. The smallest absolute Gasteiger partial charge is 0.285 e. The van der Waals surface area contributed by atoms with Crippen molar-refractivity contribution in [2.45, 2.75) is 44.8 Å². The number of aliphatic hydroxyl groups is 1. The summed E-state index contributed by atoms with van der Waals surface area (Å²) in [6.07, 6.45) is 7.75. The Kier molecular flexibility index (Phi) is 5.86. The minimum atomic E-state index is -0.336. The van der Waals surface area contributed by atoms with Gasteiger partial charge in [-0.25, -0.2) is 0 Å². The van der Waals surface area contributed by atoms with Gasteiger partial charge in [-0.3, -0.25) is 4.79 Å². The number of carbonyl (C=O) groups excluding carboxylic acids is 1. The first kappa shape index (κ1) is 15.3. The highest BCUT2D eigenvalue weighted by molar-refractivity contribution is 5.91. The molecule has 0 bridgehead atoms. The number of rotatable bonds is 7. The second-order valence-electron chi connectivity index (χ2n) is 5.55. The van der Waals surface area contributed by atoms with Gasteiger partial charge in [-0.2, -0.15) is 0 Å². The molecule has 114 valence electrons. The maximum Gasteiger partial charge on any atom is 0.285 e. The second kappa shape index (κ2) is 7.64. The summed E-state index contributed by atoms with van der Waals surface area (Å²) in [6.45, 7) is 0.743. The molecule has 20 heavy (non-hydrogen) atoms. The summed E-state index contributed by atoms with van der Waals surface area (Å²) < 4.78 is 11.3. The summed E-state index contributed by atoms with van der Waals surface area (Å²) >= 11 is 0. The maximum atomic E-state index is 11.8. The highest BCUT2D eigenvalue weighted by Crippen LogP contribution is 2.39. The molecule has 0 unspecified atom stereocenters. The molecule has 0 aromatic heterocycles. The van der Waals surface area contributed by atoms with Crippen LogP contribution in [0.4, 0.5) is 0 Å². The minimum Gasteiger partial charge on any atom is -0.459 e. The number of unbranched alkanes of at least 4 members (excludes halogenated alkanes) is 1. The quantitative estimate of drug-likeness (QED) is 0.696. The molecule has 2 aliphatic rings. The van der Waals surface area contributed by atoms with Crippen LogP contribution in [0.5, 0.6) is 0 Å². The molecule has 1 aliphatic heterocycles. The Balaban J connectivity index is 1.90. The zero-order valence-corrected chi connectivity index (χ0v) is 12.1. The van der Waals surface area contributed by atoms with E-state index in [0.717, 1.165) is 19.3 Å². The lowest BCUT2D eigenvalue weighted by Crippen LogP contribution is -2.35. The van der Waals surface area contributed by atoms with E-state index in [1.807, 2.05) is 6.08 Å². The van der Waals surface area contributed by atoms with Gasteiger partial charge in [-0.1, -0.05) is 6.42 Å². The molecule has 5 nitrogen and oxygen atoms in total. The molecule has 0 spiro atoms. The first-order chi connectivity index (χ1) is 9.74. The van der Waals surface area contributed by atoms with Gasteiger partial charge in [-0.15, -0.1) is 0 Å². The molecular weight excluding hydrogens is 258 g/mol. The standard InChI is InChI=1S/C15H25NO4/c1-16-15(18)13-9-12(11-5-4-6-11)10-14(20-13)19-8-3-2-7-17/h9,11-12,14,17H,2-8,10H2,1H3,(H,16,18)/t12-,14+/m1/s1. The van der Waals surface area contributed by atoms with Crippen molar-refractivity contribution in [3.63, 3.8) is 0 Å². The third-order valence-corrected chi connectivity index (χ3v) is 4.15. The largest absolute Gasteiger partial charge is 0.459 e. The van der Waals surface area contributed by atoms with E-state index in [1.165, 1.54) is 19.3 Å². The van der Waals surface area contributed by atoms with E-state index in [9.17, 15) is 4.79 Å². The predicted octanol–water partition coefficient (Wildman–Crippen LogP) is 1.57. The molecule has 1 amide bonds. The molecule has 1 heterocycles. The lowest BCUT2D eigenvalue weighted by atomic mass is 9.73. The lowest BCUT2D eigenvalue weighted by Gasteiger charge is -2.37. The summed E-state index contributed by atoms with van der Waals surface area (Å²) in [4.78, 5) is 11.8. The highest BCUT2D eigenvalue weighted by Gasteiger charge is 2.34. The molecular formula is C15H25NO4. The summed E-state index contributed by atoms with van der Waals surface area (Å²) in [5, 5.41) is 11.4. The van der Waals surface area contributed by atoms with Gasteiger partial charge in [0.25, 0.3) is 5.91 Å². The van der Waals surface area contributed by atoms with Crippen LogP contribution < -0.4 is 5.32 Å². The molecule has 0 aromatic carbocycles. The minimum absolute atomic E-state index is 0.182. The summed E-state index contributed by atoms with van der Waals surface area (Å²) in [7, 11) is 1.61. The molecule has 2 rings (SSSR count). The Bertz CT molecular complexity index is 352. The highest BCUT2D eigenvalue weighted by atomic mass is 16.7. The molecule has 0 saturated heterocycles. The van der Waals surface area contributed by atoms with Crippen molar-refractivity contribution < 1.29 is 19.4 Å². The van der Waals surface area contributed by atoms with Gasteiger partial charge in [0.1, 0.15) is 0 Å². The van der Waals surface area contributed by atoms with E-state index >= 15 is 0 Å². The average molecular weight is 283 g/mol. The fraction of sp³-hybridized carbons (Fsp3) is 0.800. The number of hydrogen-bond donors (Lipinski definition) is 2. The first-order valence-electron chi connectivity index (χ1n) is 7.57. The summed E-state index contributed by atoms with van der Waals surface area (Å²) in [5.74, 6) is 1.26. The third-order valence-electron chi connectivity index (χ3n) is 4.15. The van der Waals surface area contributed by atoms with E-state index in [4.69, 9.17) is 14.6 Å². The van der Waals surface area contributed by atoms with Crippen molar-refractivity contribution in [1.29, 1.82) is 0 Å². The number of ether oxygens (including phenoxy) is 2. The van der Waals surface area contributed by atoms with Crippen LogP contribution in [0.3, 0.4) is 0 Å². The van der Waals surface area contributed by atoms with Crippen molar-refractivity contribution in [2.24, 2.45) is 11.8 Å². The molecule has 1 aliphatic carbocycles. The van der Waals surface area contributed by atoms with Crippen molar-refractivity contribution in [3.8, 4) is 0 Å². The fourth-order valence-electron chi connectivity index (χ4n) is 2.69. The van der Waals surface area contributed by atoms with E-state index in [0.29, 0.717) is 24.2 Å². The SMILES string of the molecule is CNC(=O)C1=C[C@@H](C2CCC2)C[C@@H](OCCCCO)O1. The van der Waals surface area contributed by atoms with Crippen LogP contribution in [0, 0.1) is 11.8 Å². The van der Waals surface area contributed by atoms with E-state index in [-0.39, 0.29) is 18.8 Å². The van der Waals surface area contributed by atoms with Crippen molar-refractivity contribution in [2.75, 3.05) is 20.3 Å². The van der Waals surface area contributed by atoms with Crippen LogP contribution in [0.25, 0.3) is 0 Å². The van der Waals surface area contributed by atoms with Crippen LogP contribution in [0.15, 0.2) is 11.8 Å². The number of hydrogen-bond acceptors (Lipinski definition) is 4. The number of carbonyl (C=O) groups is 1. The van der Waals surface area contributed by atoms with E-state index in [2.05, 4.69) is 5.32 Å². The Labute approximate surface area is 120 Å². The normalized spacial score (nSPS) is 26.4. The van der Waals surface area contributed by atoms with E-state index in [1.54, 1.807) is 7.05 Å². The van der Waals surface area contributed by atoms with Gasteiger partial charge < -0.3 is 19.9 Å². The molecule has 0 aromatic rings. The Hall–Kier alpha value is -1.07. The lowest BCUT2D eigenvalue weighted by molar-refractivity contribution is -0.152. The van der Waals surface area contributed by atoms with E-state index < -0.39 is 0 Å². The predicted molar refractivity (Wildman–Crippen MR) is 74.7 cm³/mol. The molecule has 2 N–H and O–H groups in total. The zero-order valence-electron chi connectivity index (χ0n) is 12.1. The van der Waals surface area contributed by atoms with Crippen LogP contribution >= 0.6 is 0 Å². The number of allylic oxidation sites excluding steroid dienone is 1. The van der Waals surface area contributed by atoms with Gasteiger partial charge >= 0.3 is 0 Å². The molecule has 0 radical (unpaired) electrons. The second-order valence-corrected chi connectivity index (χ2v) is 5.55. The molecule has 1 fully saturated rings. The molecule has 5 heteroatoms. The van der Waals surface area contributed by atoms with Gasteiger partial charge in [0.2, 0.25) is 6.29 Å². The summed E-state index contributed by atoms with van der Waals surface area (Å²) in [5.41, 5.74) is 0. The average Bonchev–Trinajstić information content (AvgIpc) is 2.40. The number of amides is 1. The van der Waals surface area contributed by atoms with Crippen LogP contribution in [0.2, 0.25) is 0 Å². The fourth-order valence-corrected chi connectivity index (χ4v) is 2.69. The third kappa shape index (κ3) is 3.96.